The van der Waals surface area contributed by atoms with Crippen molar-refractivity contribution in [2.24, 2.45) is 0 Å². The monoisotopic (exact) mass is 261 g/mol. The fourth-order valence-corrected chi connectivity index (χ4v) is 2.39. The van der Waals surface area contributed by atoms with E-state index in [1.165, 1.54) is 18.9 Å². The largest absolute Gasteiger partial charge is 0.486 e. The number of benzene rings is 1. The number of allylic oxidation sites excluding steroid dienone is 1. The van der Waals surface area contributed by atoms with E-state index in [1.807, 2.05) is 6.07 Å². The highest BCUT2D eigenvalue weighted by Gasteiger charge is 2.20. The van der Waals surface area contributed by atoms with E-state index >= 15 is 0 Å². The Balaban J connectivity index is 1.65. The van der Waals surface area contributed by atoms with Gasteiger partial charge in [-0.3, -0.25) is 0 Å². The Labute approximate surface area is 113 Å². The van der Waals surface area contributed by atoms with Crippen LogP contribution in [0.15, 0.2) is 30.4 Å². The Morgan fingerprint density at radius 1 is 1.21 bits per heavy atom. The lowest BCUT2D eigenvalue weighted by atomic mass is 10.1. The number of hydrogen-bond acceptors (Lipinski definition) is 2. The molecule has 102 valence electrons. The van der Waals surface area contributed by atoms with Gasteiger partial charge in [-0.15, -0.1) is 0 Å². The number of rotatable bonds is 5. The first-order valence-electron chi connectivity index (χ1n) is 7.16. The Bertz CT molecular complexity index is 468. The van der Waals surface area contributed by atoms with Crippen molar-refractivity contribution in [1.82, 2.24) is 5.32 Å². The first-order chi connectivity index (χ1) is 9.29. The molecule has 0 amide bonds. The van der Waals surface area contributed by atoms with Gasteiger partial charge in [-0.05, 0) is 55.9 Å². The van der Waals surface area contributed by atoms with Crippen LogP contribution in [0.2, 0.25) is 0 Å². The zero-order valence-electron chi connectivity index (χ0n) is 11.1. The molecule has 0 spiro atoms. The molecule has 1 saturated carbocycles. The lowest BCUT2D eigenvalue weighted by Crippen LogP contribution is -2.17. The van der Waals surface area contributed by atoms with Gasteiger partial charge in [0.2, 0.25) is 0 Å². The molecular formula is C16H20FNO. The first kappa shape index (κ1) is 12.7. The van der Waals surface area contributed by atoms with Gasteiger partial charge in [-0.1, -0.05) is 6.08 Å². The second-order valence-corrected chi connectivity index (χ2v) is 5.47. The molecule has 1 N–H and O–H groups in total. The summed E-state index contributed by atoms with van der Waals surface area (Å²) in [4.78, 5) is 0. The minimum absolute atomic E-state index is 0.0970. The summed E-state index contributed by atoms with van der Waals surface area (Å²) in [6, 6.07) is 5.64. The van der Waals surface area contributed by atoms with E-state index in [-0.39, 0.29) is 11.9 Å². The quantitative estimate of drug-likeness (QED) is 0.818. The van der Waals surface area contributed by atoms with E-state index in [2.05, 4.69) is 17.5 Å². The molecule has 1 aromatic carbocycles. The highest BCUT2D eigenvalue weighted by Crippen LogP contribution is 2.23. The zero-order valence-corrected chi connectivity index (χ0v) is 11.1. The molecule has 2 aliphatic carbocycles. The molecule has 1 atom stereocenters. The van der Waals surface area contributed by atoms with Gasteiger partial charge >= 0.3 is 0 Å². The average molecular weight is 261 g/mol. The lowest BCUT2D eigenvalue weighted by Gasteiger charge is -2.19. The molecule has 0 aliphatic heterocycles. The summed E-state index contributed by atoms with van der Waals surface area (Å²) in [6.45, 7) is 0.722. The maximum Gasteiger partial charge on any atom is 0.127 e. The molecular weight excluding hydrogens is 241 g/mol. The van der Waals surface area contributed by atoms with E-state index in [0.717, 1.165) is 31.4 Å². The predicted molar refractivity (Wildman–Crippen MR) is 73.7 cm³/mol. The van der Waals surface area contributed by atoms with E-state index in [9.17, 15) is 4.39 Å². The third kappa shape index (κ3) is 3.80. The van der Waals surface area contributed by atoms with Crippen LogP contribution in [0, 0.1) is 5.82 Å². The van der Waals surface area contributed by atoms with Gasteiger partial charge in [-0.2, -0.15) is 0 Å². The third-order valence-corrected chi connectivity index (χ3v) is 3.60. The normalized spacial score (nSPS) is 22.5. The van der Waals surface area contributed by atoms with Gasteiger partial charge in [0.25, 0.3) is 0 Å². The van der Waals surface area contributed by atoms with Crippen LogP contribution in [-0.4, -0.2) is 12.1 Å². The van der Waals surface area contributed by atoms with E-state index < -0.39 is 0 Å². The van der Waals surface area contributed by atoms with E-state index in [4.69, 9.17) is 4.74 Å². The Morgan fingerprint density at radius 2 is 2.11 bits per heavy atom. The number of ether oxygens (including phenoxy) is 1. The first-order valence-corrected chi connectivity index (χ1v) is 7.16. The Morgan fingerprint density at radius 3 is 2.84 bits per heavy atom. The Kier molecular flexibility index (Phi) is 3.83. The van der Waals surface area contributed by atoms with Crippen molar-refractivity contribution in [3.63, 3.8) is 0 Å². The maximum atomic E-state index is 13.6. The van der Waals surface area contributed by atoms with Gasteiger partial charge in [0, 0.05) is 18.7 Å². The van der Waals surface area contributed by atoms with Crippen molar-refractivity contribution in [3.05, 3.63) is 41.7 Å². The van der Waals surface area contributed by atoms with Crippen LogP contribution >= 0.6 is 0 Å². The SMILES string of the molecule is Fc1cc(CNC2CC2)cc(OC2C=CCCC2)c1. The second kappa shape index (κ2) is 5.74. The molecule has 0 aromatic heterocycles. The van der Waals surface area contributed by atoms with Crippen molar-refractivity contribution in [2.75, 3.05) is 0 Å². The maximum absolute atomic E-state index is 13.6. The highest BCUT2D eigenvalue weighted by atomic mass is 19.1. The molecule has 1 fully saturated rings. The third-order valence-electron chi connectivity index (χ3n) is 3.60. The molecule has 19 heavy (non-hydrogen) atoms. The summed E-state index contributed by atoms with van der Waals surface area (Å²) < 4.78 is 19.4. The van der Waals surface area contributed by atoms with Gasteiger partial charge in [0.1, 0.15) is 17.7 Å². The van der Waals surface area contributed by atoms with Gasteiger partial charge in [-0.25, -0.2) is 4.39 Å². The minimum Gasteiger partial charge on any atom is -0.486 e. The van der Waals surface area contributed by atoms with E-state index in [1.54, 1.807) is 6.07 Å². The van der Waals surface area contributed by atoms with Crippen LogP contribution in [0.5, 0.6) is 5.75 Å². The van der Waals surface area contributed by atoms with Crippen LogP contribution < -0.4 is 10.1 Å². The lowest BCUT2D eigenvalue weighted by molar-refractivity contribution is 0.229. The molecule has 2 nitrogen and oxygen atoms in total. The Hall–Kier alpha value is -1.35. The number of nitrogens with one attached hydrogen (secondary N) is 1. The molecule has 0 radical (unpaired) electrons. The summed E-state index contributed by atoms with van der Waals surface area (Å²) >= 11 is 0. The van der Waals surface area contributed by atoms with Crippen LogP contribution in [0.1, 0.15) is 37.7 Å². The fourth-order valence-electron chi connectivity index (χ4n) is 2.39. The van der Waals surface area contributed by atoms with Crippen molar-refractivity contribution in [3.8, 4) is 5.75 Å². The summed E-state index contributed by atoms with van der Waals surface area (Å²) in [6.07, 6.45) is 10.1. The zero-order chi connectivity index (χ0) is 13.1. The smallest absolute Gasteiger partial charge is 0.127 e. The standard InChI is InChI=1S/C16H20FNO/c17-13-8-12(11-18-14-6-7-14)9-16(10-13)19-15-4-2-1-3-5-15/h2,4,8-10,14-15,18H,1,3,5-7,11H2. The fraction of sp³-hybridized carbons (Fsp3) is 0.500. The minimum atomic E-state index is -0.218. The molecule has 3 heteroatoms. The van der Waals surface area contributed by atoms with Gasteiger partial charge in [0.05, 0.1) is 0 Å². The van der Waals surface area contributed by atoms with Crippen LogP contribution in [-0.2, 0) is 6.54 Å². The summed E-state index contributed by atoms with van der Waals surface area (Å²) in [7, 11) is 0. The second-order valence-electron chi connectivity index (χ2n) is 5.47. The van der Waals surface area contributed by atoms with Crippen LogP contribution in [0.3, 0.4) is 0 Å². The van der Waals surface area contributed by atoms with Crippen molar-refractivity contribution in [1.29, 1.82) is 0 Å². The summed E-state index contributed by atoms with van der Waals surface area (Å²) in [5, 5.41) is 3.39. The van der Waals surface area contributed by atoms with Crippen molar-refractivity contribution < 1.29 is 9.13 Å². The van der Waals surface area contributed by atoms with Crippen molar-refractivity contribution >= 4 is 0 Å². The highest BCUT2D eigenvalue weighted by molar-refractivity contribution is 5.30. The number of hydrogen-bond donors (Lipinski definition) is 1. The molecule has 3 rings (SSSR count). The van der Waals surface area contributed by atoms with Gasteiger partial charge in [0.15, 0.2) is 0 Å². The van der Waals surface area contributed by atoms with Crippen molar-refractivity contribution in [2.45, 2.75) is 50.8 Å². The molecule has 0 saturated heterocycles. The molecule has 2 aliphatic rings. The van der Waals surface area contributed by atoms with Crippen LogP contribution in [0.25, 0.3) is 0 Å². The van der Waals surface area contributed by atoms with Gasteiger partial charge < -0.3 is 10.1 Å². The molecule has 1 aromatic rings. The molecule has 1 unspecified atom stereocenters. The summed E-state index contributed by atoms with van der Waals surface area (Å²) in [5.41, 5.74) is 0.960. The molecule has 0 bridgehead atoms. The molecule has 0 heterocycles. The predicted octanol–water partition coefficient (Wildman–Crippen LogP) is 3.57. The van der Waals surface area contributed by atoms with Crippen LogP contribution in [0.4, 0.5) is 4.39 Å². The average Bonchev–Trinajstić information content (AvgIpc) is 3.21. The van der Waals surface area contributed by atoms with E-state index in [0.29, 0.717) is 11.8 Å². The number of halogens is 1. The summed E-state index contributed by atoms with van der Waals surface area (Å²) in [5.74, 6) is 0.425. The topological polar surface area (TPSA) is 21.3 Å².